The first-order valence-corrected chi connectivity index (χ1v) is 7.94. The van der Waals surface area contributed by atoms with Crippen molar-refractivity contribution in [1.29, 1.82) is 0 Å². The smallest absolute Gasteiger partial charge is 0.239 e. The first-order chi connectivity index (χ1) is 9.70. The number of hydrogen-bond acceptors (Lipinski definition) is 4. The molecule has 0 aromatic rings. The van der Waals surface area contributed by atoms with E-state index in [1.165, 1.54) is 6.42 Å². The molecule has 116 valence electrons. The van der Waals surface area contributed by atoms with Gasteiger partial charge >= 0.3 is 0 Å². The summed E-state index contributed by atoms with van der Waals surface area (Å²) in [6.07, 6.45) is 3.25. The lowest BCUT2D eigenvalue weighted by atomic mass is 9.93. The fourth-order valence-electron chi connectivity index (χ4n) is 3.15. The van der Waals surface area contributed by atoms with Crippen LogP contribution in [0.2, 0.25) is 0 Å². The van der Waals surface area contributed by atoms with E-state index in [0.717, 1.165) is 58.7 Å². The van der Waals surface area contributed by atoms with Crippen molar-refractivity contribution in [2.24, 2.45) is 5.92 Å². The number of carbonyl (C=O) groups excluding carboxylic acids is 1. The van der Waals surface area contributed by atoms with Crippen molar-refractivity contribution in [3.63, 3.8) is 0 Å². The van der Waals surface area contributed by atoms with Gasteiger partial charge in [0, 0.05) is 33.3 Å². The fraction of sp³-hybridized carbons (Fsp3) is 0.933. The zero-order valence-electron chi connectivity index (χ0n) is 12.9. The highest BCUT2D eigenvalue weighted by Gasteiger charge is 2.29. The summed E-state index contributed by atoms with van der Waals surface area (Å²) in [5, 5.41) is 3.39. The van der Waals surface area contributed by atoms with Crippen LogP contribution in [0.1, 0.15) is 26.2 Å². The molecule has 2 aliphatic heterocycles. The quantitative estimate of drug-likeness (QED) is 0.819. The number of ether oxygens (including phenoxy) is 1. The average Bonchev–Trinajstić information content (AvgIpc) is 2.70. The molecule has 2 heterocycles. The minimum atomic E-state index is 0.0456. The van der Waals surface area contributed by atoms with Crippen LogP contribution in [0.15, 0.2) is 0 Å². The Bertz CT molecular complexity index is 311. The summed E-state index contributed by atoms with van der Waals surface area (Å²) in [5.41, 5.74) is 0. The third-order valence-corrected chi connectivity index (χ3v) is 4.48. The third-order valence-electron chi connectivity index (χ3n) is 4.48. The Morgan fingerprint density at radius 2 is 2.15 bits per heavy atom. The Morgan fingerprint density at radius 3 is 2.90 bits per heavy atom. The van der Waals surface area contributed by atoms with Gasteiger partial charge in [-0.15, -0.1) is 0 Å². The predicted molar refractivity (Wildman–Crippen MR) is 79.7 cm³/mol. The Kier molecular flexibility index (Phi) is 6.26. The van der Waals surface area contributed by atoms with Crippen LogP contribution in [0.4, 0.5) is 0 Å². The van der Waals surface area contributed by atoms with Gasteiger partial charge in [-0.1, -0.05) is 6.92 Å². The van der Waals surface area contributed by atoms with Crippen molar-refractivity contribution < 1.29 is 9.53 Å². The first kappa shape index (κ1) is 15.7. The van der Waals surface area contributed by atoms with E-state index >= 15 is 0 Å². The molecular weight excluding hydrogens is 254 g/mol. The molecule has 5 heteroatoms. The van der Waals surface area contributed by atoms with E-state index in [2.05, 4.69) is 22.0 Å². The first-order valence-electron chi connectivity index (χ1n) is 7.94. The molecule has 0 saturated carbocycles. The molecule has 2 saturated heterocycles. The number of nitrogens with one attached hydrogen (secondary N) is 1. The molecule has 1 amide bonds. The average molecular weight is 283 g/mol. The van der Waals surface area contributed by atoms with Gasteiger partial charge in [0.2, 0.25) is 5.91 Å². The van der Waals surface area contributed by atoms with Gasteiger partial charge in [0.05, 0.1) is 12.6 Å². The lowest BCUT2D eigenvalue weighted by Crippen LogP contribution is -2.50. The summed E-state index contributed by atoms with van der Waals surface area (Å²) in [4.78, 5) is 17.0. The Morgan fingerprint density at radius 1 is 1.30 bits per heavy atom. The van der Waals surface area contributed by atoms with E-state index in [4.69, 9.17) is 4.74 Å². The van der Waals surface area contributed by atoms with Crippen LogP contribution in [0.3, 0.4) is 0 Å². The van der Waals surface area contributed by atoms with Crippen molar-refractivity contribution in [1.82, 2.24) is 15.1 Å². The Labute approximate surface area is 122 Å². The number of nitrogens with zero attached hydrogens (tertiary/aromatic N) is 2. The molecule has 0 aromatic heterocycles. The van der Waals surface area contributed by atoms with Crippen LogP contribution in [-0.2, 0) is 9.53 Å². The van der Waals surface area contributed by atoms with Crippen molar-refractivity contribution >= 4 is 5.91 Å². The summed E-state index contributed by atoms with van der Waals surface area (Å²) in [6, 6.07) is 0.0456. The number of carbonyl (C=O) groups is 1. The third kappa shape index (κ3) is 4.43. The molecule has 20 heavy (non-hydrogen) atoms. The molecule has 2 atom stereocenters. The second kappa shape index (κ2) is 7.96. The van der Waals surface area contributed by atoms with Gasteiger partial charge in [-0.3, -0.25) is 9.69 Å². The highest BCUT2D eigenvalue weighted by atomic mass is 16.5. The van der Waals surface area contributed by atoms with Crippen LogP contribution in [0.5, 0.6) is 0 Å². The van der Waals surface area contributed by atoms with Gasteiger partial charge in [0.15, 0.2) is 0 Å². The fourth-order valence-corrected chi connectivity index (χ4v) is 3.15. The maximum Gasteiger partial charge on any atom is 0.239 e. The molecule has 0 radical (unpaired) electrons. The molecule has 2 aliphatic rings. The highest BCUT2D eigenvalue weighted by molar-refractivity contribution is 5.82. The molecular formula is C15H29N3O2. The van der Waals surface area contributed by atoms with Crippen LogP contribution in [0.25, 0.3) is 0 Å². The zero-order chi connectivity index (χ0) is 14.4. The van der Waals surface area contributed by atoms with E-state index in [-0.39, 0.29) is 6.04 Å². The highest BCUT2D eigenvalue weighted by Crippen LogP contribution is 2.17. The van der Waals surface area contributed by atoms with Gasteiger partial charge < -0.3 is 15.0 Å². The summed E-state index contributed by atoms with van der Waals surface area (Å²) in [5.74, 6) is 0.973. The van der Waals surface area contributed by atoms with Crippen LogP contribution in [0, 0.1) is 5.92 Å². The number of methoxy groups -OCH3 is 1. The van der Waals surface area contributed by atoms with E-state index in [1.54, 1.807) is 7.11 Å². The summed E-state index contributed by atoms with van der Waals surface area (Å²) in [7, 11) is 1.74. The topological polar surface area (TPSA) is 44.8 Å². The molecule has 0 aliphatic carbocycles. The Balaban J connectivity index is 1.81. The van der Waals surface area contributed by atoms with E-state index in [9.17, 15) is 4.79 Å². The van der Waals surface area contributed by atoms with Crippen LogP contribution in [-0.4, -0.2) is 74.7 Å². The maximum absolute atomic E-state index is 12.6. The normalized spacial score (nSPS) is 29.2. The summed E-state index contributed by atoms with van der Waals surface area (Å²) < 4.78 is 5.13. The van der Waals surface area contributed by atoms with Crippen LogP contribution >= 0.6 is 0 Å². The molecule has 0 spiro atoms. The number of piperidine rings is 1. The summed E-state index contributed by atoms with van der Waals surface area (Å²) >= 11 is 0. The van der Waals surface area contributed by atoms with E-state index < -0.39 is 0 Å². The number of rotatable bonds is 4. The molecule has 0 bridgehead atoms. The Hall–Kier alpha value is -0.650. The number of hydrogen-bond donors (Lipinski definition) is 1. The standard InChI is InChI=1S/C15H29N3O2/c1-13-4-5-16-14(12-13)15(19)18-7-3-6-17(8-9-18)10-11-20-2/h13-14,16H,3-12H2,1-2H3. The second-order valence-corrected chi connectivity index (χ2v) is 6.15. The lowest BCUT2D eigenvalue weighted by Gasteiger charge is -2.32. The van der Waals surface area contributed by atoms with Gasteiger partial charge in [-0.2, -0.15) is 0 Å². The van der Waals surface area contributed by atoms with Gasteiger partial charge in [-0.05, 0) is 38.3 Å². The molecule has 2 unspecified atom stereocenters. The lowest BCUT2D eigenvalue weighted by molar-refractivity contribution is -0.134. The van der Waals surface area contributed by atoms with Gasteiger partial charge in [-0.25, -0.2) is 0 Å². The van der Waals surface area contributed by atoms with Gasteiger partial charge in [0.25, 0.3) is 0 Å². The van der Waals surface area contributed by atoms with Crippen molar-refractivity contribution in [2.75, 3.05) is 53.0 Å². The minimum absolute atomic E-state index is 0.0456. The van der Waals surface area contributed by atoms with Crippen molar-refractivity contribution in [3.05, 3.63) is 0 Å². The monoisotopic (exact) mass is 283 g/mol. The largest absolute Gasteiger partial charge is 0.383 e. The maximum atomic E-state index is 12.6. The molecule has 0 aromatic carbocycles. The molecule has 5 nitrogen and oxygen atoms in total. The van der Waals surface area contributed by atoms with Gasteiger partial charge in [0.1, 0.15) is 0 Å². The van der Waals surface area contributed by atoms with Crippen molar-refractivity contribution in [3.8, 4) is 0 Å². The van der Waals surface area contributed by atoms with E-state index in [1.807, 2.05) is 0 Å². The number of amides is 1. The van der Waals surface area contributed by atoms with Crippen molar-refractivity contribution in [2.45, 2.75) is 32.2 Å². The molecule has 1 N–H and O–H groups in total. The second-order valence-electron chi connectivity index (χ2n) is 6.15. The molecule has 2 fully saturated rings. The van der Waals surface area contributed by atoms with Crippen LogP contribution < -0.4 is 5.32 Å². The zero-order valence-corrected chi connectivity index (χ0v) is 12.9. The minimum Gasteiger partial charge on any atom is -0.383 e. The SMILES string of the molecule is COCCN1CCCN(C(=O)C2CC(C)CCN2)CC1. The van der Waals surface area contributed by atoms with E-state index in [0.29, 0.717) is 11.8 Å². The predicted octanol–water partition coefficient (Wildman–Crippen LogP) is 0.555. The summed E-state index contributed by atoms with van der Waals surface area (Å²) in [6.45, 7) is 8.76. The molecule has 2 rings (SSSR count).